The minimum Gasteiger partial charge on any atom is -0.469 e. The van der Waals surface area contributed by atoms with Crippen molar-refractivity contribution in [1.82, 2.24) is 15.2 Å². The molecule has 0 spiro atoms. The summed E-state index contributed by atoms with van der Waals surface area (Å²) in [4.78, 5) is 13.2. The molecule has 0 aromatic carbocycles. The molecule has 0 bridgehead atoms. The first-order valence-electron chi connectivity index (χ1n) is 8.86. The SMILES string of the molecule is C=CCNC(=NCCc1ccco1)N(C)Cc1nc2c(s1)CCCC2. The second-order valence-corrected chi connectivity index (χ2v) is 7.41. The maximum atomic E-state index is 5.37. The Morgan fingerprint density at radius 2 is 2.36 bits per heavy atom. The molecule has 0 unspecified atom stereocenters. The molecule has 25 heavy (non-hydrogen) atoms. The summed E-state index contributed by atoms with van der Waals surface area (Å²) in [6.07, 6.45) is 9.23. The van der Waals surface area contributed by atoms with E-state index in [9.17, 15) is 0 Å². The second-order valence-electron chi connectivity index (χ2n) is 6.24. The molecule has 1 N–H and O–H groups in total. The first-order chi connectivity index (χ1) is 12.3. The first kappa shape index (κ1) is 17.7. The number of rotatable bonds is 7. The third-order valence-corrected chi connectivity index (χ3v) is 5.37. The summed E-state index contributed by atoms with van der Waals surface area (Å²) >= 11 is 1.86. The van der Waals surface area contributed by atoms with Crippen LogP contribution in [-0.4, -0.2) is 36.0 Å². The number of fused-ring (bicyclic) bond motifs is 1. The van der Waals surface area contributed by atoms with Gasteiger partial charge in [0, 0.05) is 31.4 Å². The van der Waals surface area contributed by atoms with E-state index >= 15 is 0 Å². The lowest BCUT2D eigenvalue weighted by Gasteiger charge is -2.21. The molecule has 2 aromatic heterocycles. The number of nitrogens with zero attached hydrogens (tertiary/aromatic N) is 3. The van der Waals surface area contributed by atoms with E-state index in [4.69, 9.17) is 14.4 Å². The normalized spacial score (nSPS) is 14.2. The lowest BCUT2D eigenvalue weighted by Crippen LogP contribution is -2.38. The topological polar surface area (TPSA) is 53.7 Å². The van der Waals surface area contributed by atoms with Gasteiger partial charge in [-0.05, 0) is 37.8 Å². The van der Waals surface area contributed by atoms with Crippen molar-refractivity contribution in [2.24, 2.45) is 4.99 Å². The fourth-order valence-corrected chi connectivity index (χ4v) is 4.16. The Hall–Kier alpha value is -2.08. The van der Waals surface area contributed by atoms with E-state index in [0.29, 0.717) is 13.1 Å². The number of nitrogens with one attached hydrogen (secondary N) is 1. The van der Waals surface area contributed by atoms with Crippen molar-refractivity contribution in [3.63, 3.8) is 0 Å². The predicted molar refractivity (Wildman–Crippen MR) is 103 cm³/mol. The molecule has 0 radical (unpaired) electrons. The zero-order chi connectivity index (χ0) is 17.5. The number of aryl methyl sites for hydroxylation is 2. The number of aliphatic imine (C=N–C) groups is 1. The fourth-order valence-electron chi connectivity index (χ4n) is 2.95. The molecule has 3 rings (SSSR count). The van der Waals surface area contributed by atoms with Crippen molar-refractivity contribution in [3.05, 3.63) is 52.4 Å². The summed E-state index contributed by atoms with van der Waals surface area (Å²) < 4.78 is 5.37. The van der Waals surface area contributed by atoms with Crippen molar-refractivity contribution in [3.8, 4) is 0 Å². The first-order valence-corrected chi connectivity index (χ1v) is 9.68. The number of guanidine groups is 1. The van der Waals surface area contributed by atoms with Gasteiger partial charge in [0.05, 0.1) is 18.5 Å². The smallest absolute Gasteiger partial charge is 0.194 e. The van der Waals surface area contributed by atoms with Gasteiger partial charge < -0.3 is 14.6 Å². The van der Waals surface area contributed by atoms with E-state index in [1.54, 1.807) is 6.26 Å². The zero-order valence-electron chi connectivity index (χ0n) is 14.8. The van der Waals surface area contributed by atoms with Crippen LogP contribution < -0.4 is 5.32 Å². The van der Waals surface area contributed by atoms with Crippen LogP contribution in [0.25, 0.3) is 0 Å². The molecule has 2 aromatic rings. The van der Waals surface area contributed by atoms with Crippen molar-refractivity contribution in [2.75, 3.05) is 20.1 Å². The molecule has 134 valence electrons. The van der Waals surface area contributed by atoms with Crippen molar-refractivity contribution in [2.45, 2.75) is 38.6 Å². The van der Waals surface area contributed by atoms with Gasteiger partial charge in [-0.2, -0.15) is 0 Å². The monoisotopic (exact) mass is 358 g/mol. The van der Waals surface area contributed by atoms with Crippen LogP contribution in [0.4, 0.5) is 0 Å². The Morgan fingerprint density at radius 1 is 1.48 bits per heavy atom. The van der Waals surface area contributed by atoms with Crippen LogP contribution in [0.3, 0.4) is 0 Å². The largest absolute Gasteiger partial charge is 0.469 e. The molecule has 6 heteroatoms. The Morgan fingerprint density at radius 3 is 3.12 bits per heavy atom. The lowest BCUT2D eigenvalue weighted by atomic mass is 10.0. The molecule has 0 saturated carbocycles. The van der Waals surface area contributed by atoms with Gasteiger partial charge in [0.15, 0.2) is 5.96 Å². The molecular weight excluding hydrogens is 332 g/mol. The lowest BCUT2D eigenvalue weighted by molar-refractivity contribution is 0.474. The number of aromatic nitrogens is 1. The minimum atomic E-state index is 0.686. The fraction of sp³-hybridized carbons (Fsp3) is 0.474. The van der Waals surface area contributed by atoms with Crippen LogP contribution in [0.15, 0.2) is 40.5 Å². The second kappa shape index (κ2) is 8.85. The minimum absolute atomic E-state index is 0.686. The number of hydrogen-bond acceptors (Lipinski definition) is 4. The summed E-state index contributed by atoms with van der Waals surface area (Å²) in [7, 11) is 2.06. The van der Waals surface area contributed by atoms with Gasteiger partial charge in [-0.3, -0.25) is 4.99 Å². The van der Waals surface area contributed by atoms with Crippen LogP contribution >= 0.6 is 11.3 Å². The van der Waals surface area contributed by atoms with Gasteiger partial charge >= 0.3 is 0 Å². The Labute approximate surface area is 153 Å². The van der Waals surface area contributed by atoms with E-state index in [1.165, 1.54) is 34.8 Å². The zero-order valence-corrected chi connectivity index (χ0v) is 15.6. The molecule has 0 fully saturated rings. The third-order valence-electron chi connectivity index (χ3n) is 4.23. The van der Waals surface area contributed by atoms with Crippen molar-refractivity contribution >= 4 is 17.3 Å². The van der Waals surface area contributed by atoms with Gasteiger partial charge in [0.25, 0.3) is 0 Å². The Kier molecular flexibility index (Phi) is 6.28. The molecular formula is C19H26N4OS. The number of thiazole rings is 1. The number of hydrogen-bond donors (Lipinski definition) is 1. The molecule has 0 amide bonds. The van der Waals surface area contributed by atoms with Crippen molar-refractivity contribution < 1.29 is 4.42 Å². The van der Waals surface area contributed by atoms with Crippen LogP contribution in [0, 0.1) is 0 Å². The highest BCUT2D eigenvalue weighted by Crippen LogP contribution is 2.27. The van der Waals surface area contributed by atoms with Crippen LogP contribution in [0.5, 0.6) is 0 Å². The molecule has 0 saturated heterocycles. The molecule has 1 aliphatic carbocycles. The summed E-state index contributed by atoms with van der Waals surface area (Å²) in [6.45, 7) is 5.94. The van der Waals surface area contributed by atoms with Gasteiger partial charge in [0.2, 0.25) is 0 Å². The maximum absolute atomic E-state index is 5.37. The van der Waals surface area contributed by atoms with Crippen LogP contribution in [0.1, 0.15) is 34.2 Å². The van der Waals surface area contributed by atoms with Gasteiger partial charge in [-0.15, -0.1) is 17.9 Å². The van der Waals surface area contributed by atoms with E-state index in [1.807, 2.05) is 29.5 Å². The van der Waals surface area contributed by atoms with Gasteiger partial charge in [0.1, 0.15) is 10.8 Å². The average Bonchev–Trinajstić information content (AvgIpc) is 3.26. The third kappa shape index (κ3) is 4.95. The highest BCUT2D eigenvalue weighted by Gasteiger charge is 2.16. The predicted octanol–water partition coefficient (Wildman–Crippen LogP) is 3.42. The Bertz CT molecular complexity index is 682. The van der Waals surface area contributed by atoms with Crippen LogP contribution in [0.2, 0.25) is 0 Å². The molecule has 1 aliphatic rings. The standard InChI is InChI=1S/C19H26N4OS/c1-3-11-20-19(21-12-10-15-7-6-13-24-15)23(2)14-18-22-16-8-4-5-9-17(16)25-18/h3,6-7,13H,1,4-5,8-12,14H2,2H3,(H,20,21). The summed E-state index contributed by atoms with van der Waals surface area (Å²) in [5, 5.41) is 4.51. The van der Waals surface area contributed by atoms with Gasteiger partial charge in [-0.25, -0.2) is 4.98 Å². The van der Waals surface area contributed by atoms with Crippen molar-refractivity contribution in [1.29, 1.82) is 0 Å². The highest BCUT2D eigenvalue weighted by molar-refractivity contribution is 7.11. The number of furan rings is 1. The molecule has 0 atom stereocenters. The summed E-state index contributed by atoms with van der Waals surface area (Å²) in [5.41, 5.74) is 1.31. The molecule has 2 heterocycles. The van der Waals surface area contributed by atoms with E-state index in [-0.39, 0.29) is 0 Å². The summed E-state index contributed by atoms with van der Waals surface area (Å²) in [5.74, 6) is 1.83. The molecule has 0 aliphatic heterocycles. The Balaban J connectivity index is 1.62. The summed E-state index contributed by atoms with van der Waals surface area (Å²) in [6, 6.07) is 3.89. The maximum Gasteiger partial charge on any atom is 0.194 e. The van der Waals surface area contributed by atoms with E-state index in [2.05, 4.69) is 23.8 Å². The van der Waals surface area contributed by atoms with E-state index < -0.39 is 0 Å². The average molecular weight is 359 g/mol. The quantitative estimate of drug-likeness (QED) is 0.468. The molecule has 5 nitrogen and oxygen atoms in total. The van der Waals surface area contributed by atoms with Gasteiger partial charge in [-0.1, -0.05) is 6.08 Å². The highest BCUT2D eigenvalue weighted by atomic mass is 32.1. The van der Waals surface area contributed by atoms with E-state index in [0.717, 1.165) is 31.1 Å². The van der Waals surface area contributed by atoms with Crippen LogP contribution in [-0.2, 0) is 25.8 Å².